The van der Waals surface area contributed by atoms with Crippen molar-refractivity contribution in [1.82, 2.24) is 4.98 Å². The molecule has 1 aromatic heterocycles. The van der Waals surface area contributed by atoms with Crippen molar-refractivity contribution < 1.29 is 13.2 Å². The maximum absolute atomic E-state index is 12.4. The van der Waals surface area contributed by atoms with Gasteiger partial charge in [0.05, 0.1) is 0 Å². The van der Waals surface area contributed by atoms with E-state index in [4.69, 9.17) is 0 Å². The average Bonchev–Trinajstić information content (AvgIpc) is 1.99. The van der Waals surface area contributed by atoms with Gasteiger partial charge < -0.3 is 0 Å². The average molecular weight is 282 g/mol. The van der Waals surface area contributed by atoms with Gasteiger partial charge >= 0.3 is 6.18 Å². The lowest BCUT2D eigenvalue weighted by atomic mass is 10.1. The summed E-state index contributed by atoms with van der Waals surface area (Å²) in [6.07, 6.45) is -3.84. The van der Waals surface area contributed by atoms with E-state index in [0.29, 0.717) is 16.6 Å². The lowest BCUT2D eigenvalue weighted by Crippen LogP contribution is -2.10. The van der Waals surface area contributed by atoms with Crippen LogP contribution in [0.4, 0.5) is 13.2 Å². The molecule has 0 aromatic carbocycles. The Morgan fingerprint density at radius 1 is 1.33 bits per heavy atom. The molecule has 0 saturated carbocycles. The lowest BCUT2D eigenvalue weighted by Gasteiger charge is -2.10. The van der Waals surface area contributed by atoms with E-state index < -0.39 is 11.9 Å². The van der Waals surface area contributed by atoms with Crippen molar-refractivity contribution in [1.29, 1.82) is 0 Å². The van der Waals surface area contributed by atoms with Crippen molar-refractivity contribution in [2.45, 2.75) is 26.4 Å². The van der Waals surface area contributed by atoms with Crippen LogP contribution in [0.1, 0.15) is 25.2 Å². The third-order valence-corrected chi connectivity index (χ3v) is 2.21. The minimum Gasteiger partial charge on any atom is -0.248 e. The highest BCUT2D eigenvalue weighted by molar-refractivity contribution is 9.10. The summed E-state index contributed by atoms with van der Waals surface area (Å²) >= 11 is 3.06. The van der Waals surface area contributed by atoms with E-state index in [1.807, 2.05) is 13.8 Å². The third-order valence-electron chi connectivity index (χ3n) is 1.75. The quantitative estimate of drug-likeness (QED) is 0.797. The molecule has 0 atom stereocenters. The standard InChI is InChI=1S/C10H11BrF3N/c1-6(2)3-8-4-7(11)5-9(15-8)10(12,13)14/h4-6H,3H2,1-2H3. The molecule has 5 heteroatoms. The second kappa shape index (κ2) is 4.51. The predicted octanol–water partition coefficient (Wildman–Crippen LogP) is 4.06. The Morgan fingerprint density at radius 2 is 1.93 bits per heavy atom. The molecule has 0 aliphatic carbocycles. The fraction of sp³-hybridized carbons (Fsp3) is 0.500. The van der Waals surface area contributed by atoms with E-state index in [0.717, 1.165) is 6.07 Å². The van der Waals surface area contributed by atoms with E-state index in [2.05, 4.69) is 20.9 Å². The topological polar surface area (TPSA) is 12.9 Å². The van der Waals surface area contributed by atoms with Crippen LogP contribution in [0.5, 0.6) is 0 Å². The van der Waals surface area contributed by atoms with Gasteiger partial charge in [-0.25, -0.2) is 4.98 Å². The molecular formula is C10H11BrF3N. The zero-order chi connectivity index (χ0) is 11.6. The Balaban J connectivity index is 3.06. The van der Waals surface area contributed by atoms with Crippen LogP contribution < -0.4 is 0 Å². The van der Waals surface area contributed by atoms with Crippen LogP contribution in [0.2, 0.25) is 0 Å². The van der Waals surface area contributed by atoms with Crippen LogP contribution in [0.15, 0.2) is 16.6 Å². The van der Waals surface area contributed by atoms with Crippen LogP contribution in [-0.2, 0) is 12.6 Å². The summed E-state index contributed by atoms with van der Waals surface area (Å²) in [5, 5.41) is 0. The minimum absolute atomic E-state index is 0.285. The molecule has 0 saturated heterocycles. The van der Waals surface area contributed by atoms with Crippen molar-refractivity contribution in [3.63, 3.8) is 0 Å². The van der Waals surface area contributed by atoms with Gasteiger partial charge in [-0.1, -0.05) is 29.8 Å². The van der Waals surface area contributed by atoms with Crippen molar-refractivity contribution in [2.75, 3.05) is 0 Å². The number of hydrogen-bond donors (Lipinski definition) is 0. The number of alkyl halides is 3. The SMILES string of the molecule is CC(C)Cc1cc(Br)cc(C(F)(F)F)n1. The molecule has 15 heavy (non-hydrogen) atoms. The number of pyridine rings is 1. The van der Waals surface area contributed by atoms with Gasteiger partial charge in [-0.2, -0.15) is 13.2 Å². The van der Waals surface area contributed by atoms with Gasteiger partial charge in [-0.05, 0) is 24.5 Å². The van der Waals surface area contributed by atoms with Gasteiger partial charge in [0.15, 0.2) is 0 Å². The van der Waals surface area contributed by atoms with Crippen molar-refractivity contribution in [3.05, 3.63) is 28.0 Å². The molecule has 0 aliphatic rings. The Morgan fingerprint density at radius 3 is 2.40 bits per heavy atom. The molecule has 1 aromatic rings. The highest BCUT2D eigenvalue weighted by Gasteiger charge is 2.33. The van der Waals surface area contributed by atoms with E-state index in [1.54, 1.807) is 6.07 Å². The van der Waals surface area contributed by atoms with E-state index in [-0.39, 0.29) is 5.92 Å². The zero-order valence-corrected chi connectivity index (χ0v) is 9.98. The first-order chi connectivity index (χ1) is 6.79. The third kappa shape index (κ3) is 3.81. The van der Waals surface area contributed by atoms with Crippen molar-refractivity contribution in [2.24, 2.45) is 5.92 Å². The van der Waals surface area contributed by atoms with Crippen molar-refractivity contribution in [3.8, 4) is 0 Å². The van der Waals surface area contributed by atoms with E-state index in [1.165, 1.54) is 0 Å². The van der Waals surface area contributed by atoms with Gasteiger partial charge in [-0.15, -0.1) is 0 Å². The number of rotatable bonds is 2. The van der Waals surface area contributed by atoms with Gasteiger partial charge in [0.25, 0.3) is 0 Å². The normalized spacial score (nSPS) is 12.2. The van der Waals surface area contributed by atoms with Gasteiger partial charge in [0.1, 0.15) is 5.69 Å². The molecule has 1 rings (SSSR count). The second-order valence-electron chi connectivity index (χ2n) is 3.76. The Hall–Kier alpha value is -0.580. The Bertz CT molecular complexity index is 347. The molecule has 0 bridgehead atoms. The van der Waals surface area contributed by atoms with Gasteiger partial charge in [0, 0.05) is 10.2 Å². The number of nitrogens with zero attached hydrogens (tertiary/aromatic N) is 1. The molecular weight excluding hydrogens is 271 g/mol. The molecule has 1 nitrogen and oxygen atoms in total. The Kier molecular flexibility index (Phi) is 3.76. The maximum atomic E-state index is 12.4. The van der Waals surface area contributed by atoms with Crippen LogP contribution >= 0.6 is 15.9 Å². The molecule has 84 valence electrons. The maximum Gasteiger partial charge on any atom is 0.433 e. The summed E-state index contributed by atoms with van der Waals surface area (Å²) < 4.78 is 37.6. The molecule has 0 spiro atoms. The van der Waals surface area contributed by atoms with E-state index >= 15 is 0 Å². The summed E-state index contributed by atoms with van der Waals surface area (Å²) in [4.78, 5) is 3.59. The number of halogens is 4. The predicted molar refractivity (Wildman–Crippen MR) is 55.5 cm³/mol. The molecule has 0 N–H and O–H groups in total. The first-order valence-corrected chi connectivity index (χ1v) is 5.32. The molecule has 0 fully saturated rings. The summed E-state index contributed by atoms with van der Waals surface area (Å²) in [5.74, 6) is 0.285. The molecule has 1 heterocycles. The fourth-order valence-corrected chi connectivity index (χ4v) is 1.70. The van der Waals surface area contributed by atoms with Gasteiger partial charge in [0.2, 0.25) is 0 Å². The van der Waals surface area contributed by atoms with E-state index in [9.17, 15) is 13.2 Å². The monoisotopic (exact) mass is 281 g/mol. The number of aromatic nitrogens is 1. The fourth-order valence-electron chi connectivity index (χ4n) is 1.22. The van der Waals surface area contributed by atoms with Crippen molar-refractivity contribution >= 4 is 15.9 Å². The lowest BCUT2D eigenvalue weighted by molar-refractivity contribution is -0.141. The highest BCUT2D eigenvalue weighted by Crippen LogP contribution is 2.30. The smallest absolute Gasteiger partial charge is 0.248 e. The molecule has 0 amide bonds. The zero-order valence-electron chi connectivity index (χ0n) is 8.40. The second-order valence-corrected chi connectivity index (χ2v) is 4.67. The Labute approximate surface area is 94.8 Å². The molecule has 0 radical (unpaired) electrons. The molecule has 0 aliphatic heterocycles. The summed E-state index contributed by atoms with van der Waals surface area (Å²) in [6.45, 7) is 3.88. The molecule has 0 unspecified atom stereocenters. The summed E-state index contributed by atoms with van der Waals surface area (Å²) in [7, 11) is 0. The first kappa shape index (κ1) is 12.5. The number of hydrogen-bond acceptors (Lipinski definition) is 1. The minimum atomic E-state index is -4.38. The highest BCUT2D eigenvalue weighted by atomic mass is 79.9. The van der Waals surface area contributed by atoms with Crippen LogP contribution in [0.25, 0.3) is 0 Å². The van der Waals surface area contributed by atoms with Gasteiger partial charge in [-0.3, -0.25) is 0 Å². The van der Waals surface area contributed by atoms with Crippen LogP contribution in [-0.4, -0.2) is 4.98 Å². The van der Waals surface area contributed by atoms with Crippen LogP contribution in [0, 0.1) is 5.92 Å². The summed E-state index contributed by atoms with van der Waals surface area (Å²) in [6, 6.07) is 2.61. The first-order valence-electron chi connectivity index (χ1n) is 4.52. The summed E-state index contributed by atoms with van der Waals surface area (Å²) in [5.41, 5.74) is -0.376. The largest absolute Gasteiger partial charge is 0.433 e. The van der Waals surface area contributed by atoms with Crippen LogP contribution in [0.3, 0.4) is 0 Å².